The number of carbonyl (C=O) groups is 1. The highest BCUT2D eigenvalue weighted by atomic mass is 35.5. The van der Waals surface area contributed by atoms with Crippen molar-refractivity contribution in [3.8, 4) is 0 Å². The molecule has 2 aromatic rings. The molecule has 0 atom stereocenters. The van der Waals surface area contributed by atoms with Gasteiger partial charge in [-0.1, -0.05) is 11.6 Å². The van der Waals surface area contributed by atoms with Gasteiger partial charge in [0.1, 0.15) is 5.69 Å². The molecule has 1 fully saturated rings. The molecule has 0 bridgehead atoms. The topological polar surface area (TPSA) is 71.4 Å². The van der Waals surface area contributed by atoms with Crippen molar-refractivity contribution in [1.82, 2.24) is 9.88 Å². The van der Waals surface area contributed by atoms with E-state index in [2.05, 4.69) is 10.2 Å². The standard InChI is InChI=1S/C15H16ClN3O3S/c16-11-7-10-8-13-15(20)17-1-2-19(13)14(10)12(9-11)18-3-5-23(21,22)6-4-18/h7-9H,1-6H2,(H,17,20). The maximum absolute atomic E-state index is 12.1. The van der Waals surface area contributed by atoms with Crippen molar-refractivity contribution in [2.45, 2.75) is 6.54 Å². The zero-order valence-electron chi connectivity index (χ0n) is 12.4. The minimum atomic E-state index is -2.95. The van der Waals surface area contributed by atoms with Gasteiger partial charge in [0.25, 0.3) is 5.91 Å². The Hall–Kier alpha value is -1.73. The Morgan fingerprint density at radius 2 is 1.83 bits per heavy atom. The largest absolute Gasteiger partial charge is 0.368 e. The lowest BCUT2D eigenvalue weighted by Gasteiger charge is -2.30. The van der Waals surface area contributed by atoms with Crippen LogP contribution in [-0.2, 0) is 16.4 Å². The van der Waals surface area contributed by atoms with Gasteiger partial charge < -0.3 is 14.8 Å². The van der Waals surface area contributed by atoms with Crippen molar-refractivity contribution in [2.24, 2.45) is 0 Å². The van der Waals surface area contributed by atoms with Gasteiger partial charge in [-0.15, -0.1) is 0 Å². The minimum absolute atomic E-state index is 0.0873. The Kier molecular flexibility index (Phi) is 3.32. The van der Waals surface area contributed by atoms with Crippen LogP contribution in [0.5, 0.6) is 0 Å². The first-order chi connectivity index (χ1) is 10.9. The van der Waals surface area contributed by atoms with E-state index in [-0.39, 0.29) is 17.4 Å². The molecule has 0 saturated carbocycles. The molecule has 2 aliphatic heterocycles. The predicted octanol–water partition coefficient (Wildman–Crippen LogP) is 1.27. The zero-order chi connectivity index (χ0) is 16.2. The Morgan fingerprint density at radius 3 is 2.57 bits per heavy atom. The van der Waals surface area contributed by atoms with Crippen LogP contribution < -0.4 is 10.2 Å². The number of aromatic nitrogens is 1. The van der Waals surface area contributed by atoms with Crippen LogP contribution in [0.3, 0.4) is 0 Å². The Morgan fingerprint density at radius 1 is 1.09 bits per heavy atom. The summed E-state index contributed by atoms with van der Waals surface area (Å²) in [5.74, 6) is 0.208. The van der Waals surface area contributed by atoms with Crippen LogP contribution in [0.1, 0.15) is 10.5 Å². The van der Waals surface area contributed by atoms with E-state index in [1.807, 2.05) is 22.8 Å². The summed E-state index contributed by atoms with van der Waals surface area (Å²) in [4.78, 5) is 14.1. The van der Waals surface area contributed by atoms with Gasteiger partial charge in [0.05, 0.1) is 22.7 Å². The van der Waals surface area contributed by atoms with Crippen molar-refractivity contribution in [1.29, 1.82) is 0 Å². The molecule has 2 aliphatic rings. The SMILES string of the molecule is O=C1NCCn2c1cc1cc(Cl)cc(N3CCS(=O)(=O)CC3)c12. The molecule has 1 amide bonds. The molecule has 1 aromatic carbocycles. The third kappa shape index (κ3) is 2.48. The van der Waals surface area contributed by atoms with Gasteiger partial charge in [-0.3, -0.25) is 4.79 Å². The van der Waals surface area contributed by atoms with Crippen LogP contribution in [0, 0.1) is 0 Å². The first-order valence-corrected chi connectivity index (χ1v) is 9.71. The molecule has 3 heterocycles. The summed E-state index contributed by atoms with van der Waals surface area (Å²) in [6.45, 7) is 2.19. The second kappa shape index (κ2) is 5.14. The van der Waals surface area contributed by atoms with E-state index in [9.17, 15) is 13.2 Å². The van der Waals surface area contributed by atoms with E-state index in [4.69, 9.17) is 11.6 Å². The summed E-state index contributed by atoms with van der Waals surface area (Å²) in [6, 6.07) is 5.56. The quantitative estimate of drug-likeness (QED) is 0.838. The number of benzene rings is 1. The molecule has 8 heteroatoms. The van der Waals surface area contributed by atoms with Crippen molar-refractivity contribution in [3.63, 3.8) is 0 Å². The zero-order valence-corrected chi connectivity index (χ0v) is 14.0. The van der Waals surface area contributed by atoms with E-state index in [0.717, 1.165) is 16.6 Å². The van der Waals surface area contributed by atoms with Crippen molar-refractivity contribution in [2.75, 3.05) is 36.0 Å². The van der Waals surface area contributed by atoms with Gasteiger partial charge in [0.2, 0.25) is 0 Å². The number of fused-ring (bicyclic) bond motifs is 3. The van der Waals surface area contributed by atoms with Gasteiger partial charge in [0.15, 0.2) is 9.84 Å². The number of halogens is 1. The molecule has 1 saturated heterocycles. The van der Waals surface area contributed by atoms with Gasteiger partial charge in [-0.25, -0.2) is 8.42 Å². The van der Waals surface area contributed by atoms with E-state index in [1.54, 1.807) is 0 Å². The maximum atomic E-state index is 12.1. The molecule has 4 rings (SSSR count). The number of hydrogen-bond acceptors (Lipinski definition) is 4. The molecule has 0 aliphatic carbocycles. The summed E-state index contributed by atoms with van der Waals surface area (Å²) >= 11 is 6.24. The molecule has 23 heavy (non-hydrogen) atoms. The smallest absolute Gasteiger partial charge is 0.268 e. The van der Waals surface area contributed by atoms with Crippen LogP contribution in [0.4, 0.5) is 5.69 Å². The van der Waals surface area contributed by atoms with Crippen molar-refractivity contribution >= 4 is 43.9 Å². The Labute approximate surface area is 138 Å². The fourth-order valence-corrected chi connectivity index (χ4v) is 4.76. The molecular weight excluding hydrogens is 338 g/mol. The van der Waals surface area contributed by atoms with Crippen LogP contribution >= 0.6 is 11.6 Å². The second-order valence-corrected chi connectivity index (χ2v) is 8.68. The molecule has 6 nitrogen and oxygen atoms in total. The first-order valence-electron chi connectivity index (χ1n) is 7.51. The molecule has 1 aromatic heterocycles. The van der Waals surface area contributed by atoms with E-state index < -0.39 is 9.84 Å². The van der Waals surface area contributed by atoms with E-state index >= 15 is 0 Å². The lowest BCUT2D eigenvalue weighted by atomic mass is 10.2. The number of hydrogen-bond donors (Lipinski definition) is 1. The van der Waals surface area contributed by atoms with Crippen molar-refractivity contribution in [3.05, 3.63) is 28.9 Å². The molecule has 0 unspecified atom stereocenters. The average Bonchev–Trinajstić information content (AvgIpc) is 2.86. The Bertz CT molecular complexity index is 906. The summed E-state index contributed by atoms with van der Waals surface area (Å²) in [5, 5.41) is 4.34. The maximum Gasteiger partial charge on any atom is 0.268 e. The highest BCUT2D eigenvalue weighted by Gasteiger charge is 2.27. The monoisotopic (exact) mass is 353 g/mol. The summed E-state index contributed by atoms with van der Waals surface area (Å²) < 4.78 is 25.3. The second-order valence-electron chi connectivity index (χ2n) is 5.94. The molecular formula is C15H16ClN3O3S. The molecule has 0 spiro atoms. The number of carbonyl (C=O) groups excluding carboxylic acids is 1. The Balaban J connectivity index is 1.87. The summed E-state index contributed by atoms with van der Waals surface area (Å²) in [7, 11) is -2.95. The van der Waals surface area contributed by atoms with Gasteiger partial charge in [0, 0.05) is 36.6 Å². The number of sulfone groups is 1. The van der Waals surface area contributed by atoms with Crippen LogP contribution in [0.2, 0.25) is 5.02 Å². The van der Waals surface area contributed by atoms with Crippen LogP contribution in [0.15, 0.2) is 18.2 Å². The highest BCUT2D eigenvalue weighted by Crippen LogP contribution is 2.34. The lowest BCUT2D eigenvalue weighted by molar-refractivity contribution is 0.0929. The third-order valence-electron chi connectivity index (χ3n) is 4.48. The number of amides is 1. The fraction of sp³-hybridized carbons (Fsp3) is 0.400. The summed E-state index contributed by atoms with van der Waals surface area (Å²) in [6.07, 6.45) is 0. The van der Waals surface area contributed by atoms with Crippen molar-refractivity contribution < 1.29 is 13.2 Å². The predicted molar refractivity (Wildman–Crippen MR) is 90.1 cm³/mol. The average molecular weight is 354 g/mol. The molecule has 1 N–H and O–H groups in total. The van der Waals surface area contributed by atoms with E-state index in [1.165, 1.54) is 0 Å². The molecule has 122 valence electrons. The van der Waals surface area contributed by atoms with Gasteiger partial charge in [-0.2, -0.15) is 0 Å². The third-order valence-corrected chi connectivity index (χ3v) is 6.30. The van der Waals surface area contributed by atoms with Crippen LogP contribution in [-0.4, -0.2) is 50.0 Å². The first kappa shape index (κ1) is 14.8. The minimum Gasteiger partial charge on any atom is -0.368 e. The number of rotatable bonds is 1. The fourth-order valence-electron chi connectivity index (χ4n) is 3.34. The normalized spacial score (nSPS) is 20.4. The lowest BCUT2D eigenvalue weighted by Crippen LogP contribution is -2.40. The van der Waals surface area contributed by atoms with Gasteiger partial charge in [-0.05, 0) is 18.2 Å². The number of nitrogens with zero attached hydrogens (tertiary/aromatic N) is 2. The number of anilines is 1. The van der Waals surface area contributed by atoms with E-state index in [0.29, 0.717) is 36.9 Å². The van der Waals surface area contributed by atoms with Gasteiger partial charge >= 0.3 is 0 Å². The number of nitrogens with one attached hydrogen (secondary N) is 1. The highest BCUT2D eigenvalue weighted by molar-refractivity contribution is 7.91. The molecule has 0 radical (unpaired) electrons. The van der Waals surface area contributed by atoms with Crippen LogP contribution in [0.25, 0.3) is 10.9 Å². The summed E-state index contributed by atoms with van der Waals surface area (Å²) in [5.41, 5.74) is 2.49.